The molecule has 0 saturated heterocycles. The molecular formula is C19H32O3. The molecule has 1 aliphatic carbocycles. The highest BCUT2D eigenvalue weighted by atomic mass is 16.5. The normalized spacial score (nSPS) is 22.7. The van der Waals surface area contributed by atoms with Crippen LogP contribution in [0.15, 0.2) is 12.2 Å². The molecule has 0 saturated carbocycles. The number of carbonyl (C=O) groups is 2. The van der Waals surface area contributed by atoms with Gasteiger partial charge in [-0.1, -0.05) is 72.0 Å². The molecule has 0 bridgehead atoms. The third-order valence-corrected chi connectivity index (χ3v) is 5.20. The molecule has 0 N–H and O–H groups in total. The molecule has 22 heavy (non-hydrogen) atoms. The lowest BCUT2D eigenvalue weighted by Crippen LogP contribution is -2.40. The number of hydrogen-bond acceptors (Lipinski definition) is 3. The van der Waals surface area contributed by atoms with Gasteiger partial charge in [0.1, 0.15) is 0 Å². The van der Waals surface area contributed by atoms with E-state index < -0.39 is 5.41 Å². The van der Waals surface area contributed by atoms with Crippen molar-refractivity contribution in [1.29, 1.82) is 0 Å². The smallest absolute Gasteiger partial charge is 0.306 e. The summed E-state index contributed by atoms with van der Waals surface area (Å²) >= 11 is 0. The van der Waals surface area contributed by atoms with Crippen molar-refractivity contribution in [3.63, 3.8) is 0 Å². The predicted molar refractivity (Wildman–Crippen MR) is 89.6 cm³/mol. The van der Waals surface area contributed by atoms with Crippen LogP contribution in [-0.4, -0.2) is 18.4 Å². The fraction of sp³-hybridized carbons (Fsp3) is 0.789. The molecule has 0 aromatic heterocycles. The van der Waals surface area contributed by atoms with E-state index in [1.54, 1.807) is 0 Å². The summed E-state index contributed by atoms with van der Waals surface area (Å²) in [6.45, 7) is 8.20. The molecule has 0 amide bonds. The summed E-state index contributed by atoms with van der Waals surface area (Å²) in [6, 6.07) is 0. The van der Waals surface area contributed by atoms with E-state index >= 15 is 0 Å². The number of Topliss-reactive ketones (excluding diaryl/α,β-unsaturated/α-hetero) is 1. The Morgan fingerprint density at radius 3 is 2.27 bits per heavy atom. The molecule has 3 heteroatoms. The number of allylic oxidation sites excluding steroid dienone is 2. The molecule has 1 aliphatic rings. The van der Waals surface area contributed by atoms with Gasteiger partial charge in [0.2, 0.25) is 0 Å². The van der Waals surface area contributed by atoms with E-state index in [9.17, 15) is 9.59 Å². The van der Waals surface area contributed by atoms with Crippen LogP contribution >= 0.6 is 0 Å². The average Bonchev–Trinajstić information content (AvgIpc) is 2.75. The molecule has 0 unspecified atom stereocenters. The van der Waals surface area contributed by atoms with Crippen molar-refractivity contribution >= 4 is 11.8 Å². The van der Waals surface area contributed by atoms with Crippen LogP contribution in [0.5, 0.6) is 0 Å². The van der Waals surface area contributed by atoms with Crippen LogP contribution in [0, 0.1) is 10.8 Å². The molecule has 0 aliphatic heterocycles. The van der Waals surface area contributed by atoms with Gasteiger partial charge in [0, 0.05) is 11.8 Å². The molecule has 0 aromatic rings. The molecular weight excluding hydrogens is 276 g/mol. The van der Waals surface area contributed by atoms with Gasteiger partial charge in [-0.25, -0.2) is 0 Å². The molecule has 1 atom stereocenters. The highest BCUT2D eigenvalue weighted by Gasteiger charge is 2.47. The van der Waals surface area contributed by atoms with Gasteiger partial charge in [-0.3, -0.25) is 9.59 Å². The van der Waals surface area contributed by atoms with E-state index in [1.165, 1.54) is 25.7 Å². The molecule has 0 fully saturated rings. The zero-order chi connectivity index (χ0) is 16.6. The maximum Gasteiger partial charge on any atom is 0.306 e. The first kappa shape index (κ1) is 18.9. The van der Waals surface area contributed by atoms with E-state index in [1.807, 2.05) is 6.92 Å². The second kappa shape index (κ2) is 8.50. The van der Waals surface area contributed by atoms with Crippen LogP contribution in [0.4, 0.5) is 0 Å². The first-order chi connectivity index (χ1) is 10.3. The third kappa shape index (κ3) is 4.96. The van der Waals surface area contributed by atoms with Crippen LogP contribution in [0.2, 0.25) is 0 Å². The summed E-state index contributed by atoms with van der Waals surface area (Å²) in [5.74, 6) is -0.213. The Morgan fingerprint density at radius 2 is 1.68 bits per heavy atom. The quantitative estimate of drug-likeness (QED) is 0.329. The number of unbranched alkanes of at least 4 members (excludes halogenated alkanes) is 5. The number of ether oxygens (including phenoxy) is 1. The highest BCUT2D eigenvalue weighted by molar-refractivity contribution is 5.89. The average molecular weight is 308 g/mol. The number of carbonyl (C=O) groups excluding carboxylic acids is 2. The van der Waals surface area contributed by atoms with E-state index in [0.29, 0.717) is 6.42 Å². The number of esters is 1. The first-order valence-electron chi connectivity index (χ1n) is 8.70. The van der Waals surface area contributed by atoms with E-state index in [-0.39, 0.29) is 23.8 Å². The molecule has 3 nitrogen and oxygen atoms in total. The summed E-state index contributed by atoms with van der Waals surface area (Å²) in [6.07, 6.45) is 12.1. The molecule has 0 spiro atoms. The van der Waals surface area contributed by atoms with E-state index in [4.69, 9.17) is 4.74 Å². The van der Waals surface area contributed by atoms with Crippen molar-refractivity contribution in [1.82, 2.24) is 0 Å². The summed E-state index contributed by atoms with van der Waals surface area (Å²) in [4.78, 5) is 24.1. The van der Waals surface area contributed by atoms with Crippen molar-refractivity contribution in [2.75, 3.05) is 6.61 Å². The van der Waals surface area contributed by atoms with Crippen LogP contribution < -0.4 is 0 Å². The fourth-order valence-corrected chi connectivity index (χ4v) is 2.94. The van der Waals surface area contributed by atoms with Crippen LogP contribution in [0.25, 0.3) is 0 Å². The SMILES string of the molecule is CCCCCCCCC(=O)OCC(=O)[C@]1(C)CC=CC1(C)C. The Bertz CT molecular complexity index is 409. The Kier molecular flexibility index (Phi) is 7.31. The Labute approximate surface area is 135 Å². The zero-order valence-electron chi connectivity index (χ0n) is 14.7. The number of ketones is 1. The first-order valence-corrected chi connectivity index (χ1v) is 8.70. The standard InChI is InChI=1S/C19H32O3/c1-5-6-7-8-9-10-12-17(21)22-15-16(20)19(4)14-11-13-18(19,2)3/h11,13H,5-10,12,14-15H2,1-4H3/t19-/m0/s1. The molecule has 0 aromatic carbocycles. The van der Waals surface area contributed by atoms with E-state index in [2.05, 4.69) is 32.9 Å². The molecule has 1 rings (SSSR count). The fourth-order valence-electron chi connectivity index (χ4n) is 2.94. The summed E-state index contributed by atoms with van der Waals surface area (Å²) in [7, 11) is 0. The van der Waals surface area contributed by atoms with Gasteiger partial charge < -0.3 is 4.74 Å². The second-order valence-electron chi connectivity index (χ2n) is 7.26. The summed E-state index contributed by atoms with van der Waals surface area (Å²) < 4.78 is 5.19. The Hall–Kier alpha value is -1.12. The van der Waals surface area contributed by atoms with Gasteiger partial charge in [0.15, 0.2) is 12.4 Å². The predicted octanol–water partition coefficient (Wildman–Crippen LogP) is 4.84. The van der Waals surface area contributed by atoms with Gasteiger partial charge in [0.05, 0.1) is 0 Å². The maximum atomic E-state index is 12.4. The lowest BCUT2D eigenvalue weighted by Gasteiger charge is -2.36. The van der Waals surface area contributed by atoms with Crippen molar-refractivity contribution in [2.24, 2.45) is 10.8 Å². The van der Waals surface area contributed by atoms with Gasteiger partial charge >= 0.3 is 5.97 Å². The zero-order valence-corrected chi connectivity index (χ0v) is 14.7. The van der Waals surface area contributed by atoms with Crippen molar-refractivity contribution < 1.29 is 14.3 Å². The summed E-state index contributed by atoms with van der Waals surface area (Å²) in [5, 5.41) is 0. The highest BCUT2D eigenvalue weighted by Crippen LogP contribution is 2.48. The monoisotopic (exact) mass is 308 g/mol. The van der Waals surface area contributed by atoms with Crippen molar-refractivity contribution in [3.05, 3.63) is 12.2 Å². The minimum Gasteiger partial charge on any atom is -0.458 e. The van der Waals surface area contributed by atoms with Crippen molar-refractivity contribution in [3.8, 4) is 0 Å². The second-order valence-corrected chi connectivity index (χ2v) is 7.26. The summed E-state index contributed by atoms with van der Waals surface area (Å²) in [5.41, 5.74) is -0.622. The van der Waals surface area contributed by atoms with Gasteiger partial charge in [-0.2, -0.15) is 0 Å². The van der Waals surface area contributed by atoms with Gasteiger partial charge in [-0.05, 0) is 18.3 Å². The van der Waals surface area contributed by atoms with Crippen LogP contribution in [0.1, 0.15) is 79.1 Å². The topological polar surface area (TPSA) is 43.4 Å². The molecule has 0 radical (unpaired) electrons. The Balaban J connectivity index is 2.23. The van der Waals surface area contributed by atoms with Gasteiger partial charge in [-0.15, -0.1) is 0 Å². The van der Waals surface area contributed by atoms with E-state index in [0.717, 1.165) is 19.3 Å². The molecule has 126 valence electrons. The Morgan fingerprint density at radius 1 is 1.05 bits per heavy atom. The number of rotatable bonds is 10. The minimum absolute atomic E-state index is 0.0267. The number of hydrogen-bond donors (Lipinski definition) is 0. The lowest BCUT2D eigenvalue weighted by atomic mass is 9.66. The third-order valence-electron chi connectivity index (χ3n) is 5.20. The molecule has 0 heterocycles. The maximum absolute atomic E-state index is 12.4. The van der Waals surface area contributed by atoms with Crippen LogP contribution in [-0.2, 0) is 14.3 Å². The lowest BCUT2D eigenvalue weighted by molar-refractivity contribution is -0.152. The minimum atomic E-state index is -0.451. The van der Waals surface area contributed by atoms with Crippen molar-refractivity contribution in [2.45, 2.75) is 79.1 Å². The van der Waals surface area contributed by atoms with Crippen LogP contribution in [0.3, 0.4) is 0 Å². The van der Waals surface area contributed by atoms with Gasteiger partial charge in [0.25, 0.3) is 0 Å². The largest absolute Gasteiger partial charge is 0.458 e.